The van der Waals surface area contributed by atoms with E-state index in [1.54, 1.807) is 0 Å². The highest BCUT2D eigenvalue weighted by Gasteiger charge is 2.21. The number of aliphatic hydroxyl groups excluding tert-OH is 1. The fraction of sp³-hybridized carbons (Fsp3) is 0.636. The summed E-state index contributed by atoms with van der Waals surface area (Å²) in [5, 5.41) is 9.42. The van der Waals surface area contributed by atoms with Gasteiger partial charge in [-0.25, -0.2) is 4.79 Å². The molecule has 9 nitrogen and oxygen atoms in total. The zero-order valence-electron chi connectivity index (χ0n) is 12.3. The lowest BCUT2D eigenvalue weighted by atomic mass is 10.3. The summed E-state index contributed by atoms with van der Waals surface area (Å²) in [6.45, 7) is -1.95. The van der Waals surface area contributed by atoms with Gasteiger partial charge in [0.1, 0.15) is 5.82 Å². The SMILES string of the molecule is CC[C@H](COP(O)(=S)OC)O[C@H](CO)n1ccc(N)nc1=O. The number of hydrogen-bond donors (Lipinski definition) is 3. The van der Waals surface area contributed by atoms with E-state index < -0.39 is 31.3 Å². The predicted octanol–water partition coefficient (Wildman–Crippen LogP) is -0.00860. The van der Waals surface area contributed by atoms with E-state index in [-0.39, 0.29) is 12.4 Å². The zero-order chi connectivity index (χ0) is 16.8. The number of ether oxygens (including phenoxy) is 1. The lowest BCUT2D eigenvalue weighted by molar-refractivity contribution is -0.0969. The minimum atomic E-state index is -3.29. The third-order valence-corrected chi connectivity index (χ3v) is 4.48. The van der Waals surface area contributed by atoms with E-state index in [9.17, 15) is 14.8 Å². The van der Waals surface area contributed by atoms with Gasteiger partial charge in [0.2, 0.25) is 0 Å². The molecule has 1 rings (SSSR count). The smallest absolute Gasteiger partial charge is 0.351 e. The van der Waals surface area contributed by atoms with Gasteiger partial charge in [-0.05, 0) is 24.3 Å². The standard InChI is InChI=1S/C11H20N3O6PS/c1-3-8(7-19-21(17,22)18-2)20-10(6-15)14-5-4-9(12)13-11(14)16/h4-5,8,10,15H,3,6-7H2,1-2H3,(H,17,22)(H2,12,13,16)/t8-,10-,21?/m1/s1. The van der Waals surface area contributed by atoms with Crippen molar-refractivity contribution in [2.45, 2.75) is 25.7 Å². The predicted molar refractivity (Wildman–Crippen MR) is 83.7 cm³/mol. The van der Waals surface area contributed by atoms with Crippen molar-refractivity contribution in [2.75, 3.05) is 26.1 Å². The molecule has 0 saturated heterocycles. The van der Waals surface area contributed by atoms with Crippen LogP contribution in [0.25, 0.3) is 0 Å². The monoisotopic (exact) mass is 353 g/mol. The van der Waals surface area contributed by atoms with Crippen molar-refractivity contribution in [1.29, 1.82) is 0 Å². The maximum atomic E-state index is 11.8. The average Bonchev–Trinajstić information content (AvgIpc) is 2.48. The molecule has 0 spiro atoms. The van der Waals surface area contributed by atoms with Crippen LogP contribution in [0.15, 0.2) is 17.1 Å². The Hall–Kier alpha value is -0.870. The van der Waals surface area contributed by atoms with Crippen LogP contribution in [0.2, 0.25) is 0 Å². The molecule has 3 atom stereocenters. The minimum absolute atomic E-state index is 0.0359. The molecule has 0 aliphatic rings. The van der Waals surface area contributed by atoms with Crippen molar-refractivity contribution >= 4 is 24.3 Å². The third-order valence-electron chi connectivity index (χ3n) is 2.78. The van der Waals surface area contributed by atoms with Crippen LogP contribution in [0.5, 0.6) is 0 Å². The van der Waals surface area contributed by atoms with Gasteiger partial charge >= 0.3 is 12.4 Å². The highest BCUT2D eigenvalue weighted by Crippen LogP contribution is 2.42. The Morgan fingerprint density at radius 1 is 1.59 bits per heavy atom. The van der Waals surface area contributed by atoms with Crippen molar-refractivity contribution in [1.82, 2.24) is 9.55 Å². The van der Waals surface area contributed by atoms with Gasteiger partial charge in [-0.1, -0.05) is 6.92 Å². The number of rotatable bonds is 9. The molecule has 4 N–H and O–H groups in total. The topological polar surface area (TPSA) is 129 Å². The molecule has 0 radical (unpaired) electrons. The van der Waals surface area contributed by atoms with E-state index in [1.807, 2.05) is 6.92 Å². The van der Waals surface area contributed by atoms with E-state index in [0.717, 1.165) is 4.57 Å². The minimum Gasteiger partial charge on any atom is -0.392 e. The number of hydrogen-bond acceptors (Lipinski definition) is 8. The van der Waals surface area contributed by atoms with Crippen molar-refractivity contribution in [3.8, 4) is 0 Å². The van der Waals surface area contributed by atoms with Crippen molar-refractivity contribution in [3.63, 3.8) is 0 Å². The molecule has 0 aliphatic carbocycles. The first-order valence-corrected chi connectivity index (χ1v) is 9.06. The van der Waals surface area contributed by atoms with Crippen LogP contribution < -0.4 is 11.4 Å². The Kier molecular flexibility index (Phi) is 7.57. The van der Waals surface area contributed by atoms with E-state index in [2.05, 4.69) is 9.51 Å². The van der Waals surface area contributed by atoms with Crippen molar-refractivity contribution < 1.29 is 23.8 Å². The van der Waals surface area contributed by atoms with Crippen LogP contribution >= 0.6 is 6.72 Å². The van der Waals surface area contributed by atoms with E-state index >= 15 is 0 Å². The number of aromatic nitrogens is 2. The second kappa shape index (κ2) is 8.68. The van der Waals surface area contributed by atoms with Crippen LogP contribution in [0, 0.1) is 0 Å². The summed E-state index contributed by atoms with van der Waals surface area (Å²) in [6.07, 6.45) is 0.427. The molecule has 0 fully saturated rings. The highest BCUT2D eigenvalue weighted by atomic mass is 32.5. The van der Waals surface area contributed by atoms with Crippen molar-refractivity contribution in [2.24, 2.45) is 0 Å². The molecule has 22 heavy (non-hydrogen) atoms. The van der Waals surface area contributed by atoms with E-state index in [1.165, 1.54) is 19.4 Å². The number of nitrogens with zero attached hydrogens (tertiary/aromatic N) is 2. The largest absolute Gasteiger partial charge is 0.392 e. The van der Waals surface area contributed by atoms with Gasteiger partial charge in [0.25, 0.3) is 0 Å². The lowest BCUT2D eigenvalue weighted by Gasteiger charge is -2.25. The summed E-state index contributed by atoms with van der Waals surface area (Å²) in [5.74, 6) is 0.0781. The van der Waals surface area contributed by atoms with Crippen LogP contribution in [0.1, 0.15) is 19.6 Å². The van der Waals surface area contributed by atoms with Crippen molar-refractivity contribution in [3.05, 3.63) is 22.7 Å². The molecule has 126 valence electrons. The molecule has 11 heteroatoms. The Morgan fingerprint density at radius 2 is 2.27 bits per heavy atom. The average molecular weight is 353 g/mol. The van der Waals surface area contributed by atoms with Crippen LogP contribution in [-0.2, 0) is 25.6 Å². The maximum Gasteiger partial charge on any atom is 0.351 e. The third kappa shape index (κ3) is 5.73. The number of aliphatic hydroxyl groups is 1. The Labute approximate surface area is 132 Å². The fourth-order valence-corrected chi connectivity index (χ4v) is 2.19. The number of nitrogens with two attached hydrogens (primary N) is 1. The summed E-state index contributed by atoms with van der Waals surface area (Å²) in [6, 6.07) is 1.42. The summed E-state index contributed by atoms with van der Waals surface area (Å²) in [4.78, 5) is 24.9. The quantitative estimate of drug-likeness (QED) is 0.525. The van der Waals surface area contributed by atoms with Crippen LogP contribution in [-0.4, -0.2) is 46.0 Å². The zero-order valence-corrected chi connectivity index (χ0v) is 14.0. The normalized spacial score (nSPS) is 16.9. The van der Waals surface area contributed by atoms with Gasteiger partial charge < -0.3 is 29.5 Å². The molecule has 0 saturated carbocycles. The molecule has 0 bridgehead atoms. The summed E-state index contributed by atoms with van der Waals surface area (Å²) >= 11 is 4.72. The molecule has 0 amide bonds. The first-order valence-electron chi connectivity index (χ1n) is 6.47. The van der Waals surface area contributed by atoms with Gasteiger partial charge in [-0.3, -0.25) is 4.57 Å². The Balaban J connectivity index is 2.78. The number of nitrogen functional groups attached to an aromatic ring is 1. The van der Waals surface area contributed by atoms with Gasteiger partial charge in [-0.15, -0.1) is 0 Å². The van der Waals surface area contributed by atoms with Gasteiger partial charge in [0.05, 0.1) is 19.3 Å². The molecule has 0 aliphatic heterocycles. The molecule has 1 unspecified atom stereocenters. The van der Waals surface area contributed by atoms with Gasteiger partial charge in [0, 0.05) is 13.3 Å². The second-order valence-corrected chi connectivity index (χ2v) is 7.24. The summed E-state index contributed by atoms with van der Waals surface area (Å²) < 4.78 is 16.5. The molecule has 0 aromatic carbocycles. The van der Waals surface area contributed by atoms with E-state index in [0.29, 0.717) is 6.42 Å². The van der Waals surface area contributed by atoms with Gasteiger partial charge in [-0.2, -0.15) is 4.98 Å². The first-order chi connectivity index (χ1) is 10.3. The molecular weight excluding hydrogens is 333 g/mol. The highest BCUT2D eigenvalue weighted by molar-refractivity contribution is 8.07. The summed E-state index contributed by atoms with van der Waals surface area (Å²) in [7, 11) is 1.25. The Morgan fingerprint density at radius 3 is 2.77 bits per heavy atom. The van der Waals surface area contributed by atoms with Crippen LogP contribution in [0.4, 0.5) is 5.82 Å². The van der Waals surface area contributed by atoms with E-state index in [4.69, 9.17) is 26.8 Å². The fourth-order valence-electron chi connectivity index (χ4n) is 1.55. The molecular formula is C11H20N3O6PS. The maximum absolute atomic E-state index is 11.8. The summed E-state index contributed by atoms with van der Waals surface area (Å²) in [5.41, 5.74) is 4.77. The molecule has 1 heterocycles. The van der Waals surface area contributed by atoms with Crippen LogP contribution in [0.3, 0.4) is 0 Å². The lowest BCUT2D eigenvalue weighted by Crippen LogP contribution is -2.34. The molecule has 1 aromatic rings. The second-order valence-electron chi connectivity index (χ2n) is 4.29. The Bertz CT molecular complexity index is 583. The molecule has 1 aromatic heterocycles. The first kappa shape index (κ1) is 19.2. The van der Waals surface area contributed by atoms with Gasteiger partial charge in [0.15, 0.2) is 6.23 Å². The number of anilines is 1.